The largest absolute Gasteiger partial charge is 0.493 e. The van der Waals surface area contributed by atoms with Crippen LogP contribution in [0.1, 0.15) is 41.3 Å². The fraction of sp³-hybridized carbons (Fsp3) is 0.300. The number of carbonyl (C=O) groups is 1. The Balaban J connectivity index is 1.78. The van der Waals surface area contributed by atoms with E-state index >= 15 is 0 Å². The molecule has 1 amide bonds. The quantitative estimate of drug-likeness (QED) is 0.653. The fourth-order valence-electron chi connectivity index (χ4n) is 3.03. The molecule has 0 bridgehead atoms. The van der Waals surface area contributed by atoms with E-state index in [0.29, 0.717) is 17.2 Å². The number of hydrogen-bond acceptors (Lipinski definition) is 4. The summed E-state index contributed by atoms with van der Waals surface area (Å²) in [6, 6.07) is 7.93. The summed E-state index contributed by atoms with van der Waals surface area (Å²) in [5.41, 5.74) is 2.57. The van der Waals surface area contributed by atoms with Crippen LogP contribution in [0.3, 0.4) is 0 Å². The number of fused-ring (bicyclic) bond motifs is 1. The highest BCUT2D eigenvalue weighted by molar-refractivity contribution is 9.10. The normalized spacial score (nSPS) is 13.3. The molecular weight excluding hydrogens is 412 g/mol. The van der Waals surface area contributed by atoms with Gasteiger partial charge in [0.15, 0.2) is 0 Å². The topological polar surface area (TPSA) is 62.1 Å². The standard InChI is InChI=1S/C20H19BrN2O2S/c1-2-25-17-9-8-14(21)11-13(17)7-10-19(24)23-20-16(12-22)15-5-3-4-6-18(15)26-20/h7-11H,2-6H2,1H3,(H,23,24). The van der Waals surface area contributed by atoms with Crippen LogP contribution in [-0.4, -0.2) is 12.5 Å². The smallest absolute Gasteiger partial charge is 0.249 e. The van der Waals surface area contributed by atoms with Gasteiger partial charge in [-0.1, -0.05) is 15.9 Å². The van der Waals surface area contributed by atoms with E-state index in [1.54, 1.807) is 6.08 Å². The van der Waals surface area contributed by atoms with Crippen molar-refractivity contribution in [2.45, 2.75) is 32.6 Å². The number of nitriles is 1. The molecule has 1 aromatic heterocycles. The number of halogens is 1. The van der Waals surface area contributed by atoms with Gasteiger partial charge in [-0.2, -0.15) is 5.26 Å². The van der Waals surface area contributed by atoms with Gasteiger partial charge in [0.05, 0.1) is 12.2 Å². The van der Waals surface area contributed by atoms with Crippen LogP contribution in [0.15, 0.2) is 28.7 Å². The molecule has 26 heavy (non-hydrogen) atoms. The molecule has 0 unspecified atom stereocenters. The number of thiophene rings is 1. The second-order valence-electron chi connectivity index (χ2n) is 5.96. The molecule has 0 saturated heterocycles. The van der Waals surface area contributed by atoms with Gasteiger partial charge in [0, 0.05) is 21.0 Å². The Labute approximate surface area is 165 Å². The van der Waals surface area contributed by atoms with Crippen molar-refractivity contribution >= 4 is 44.3 Å². The Hall–Kier alpha value is -2.10. The maximum absolute atomic E-state index is 12.4. The zero-order valence-corrected chi connectivity index (χ0v) is 16.9. The first-order chi connectivity index (χ1) is 12.6. The summed E-state index contributed by atoms with van der Waals surface area (Å²) in [6.45, 7) is 2.48. The minimum Gasteiger partial charge on any atom is -0.493 e. The maximum atomic E-state index is 12.4. The first kappa shape index (κ1) is 18.7. The number of rotatable bonds is 5. The average molecular weight is 431 g/mol. The molecule has 2 aromatic rings. The molecule has 0 saturated carbocycles. The lowest BCUT2D eigenvalue weighted by Gasteiger charge is -2.09. The zero-order valence-electron chi connectivity index (χ0n) is 14.5. The third-order valence-corrected chi connectivity index (χ3v) is 5.91. The van der Waals surface area contributed by atoms with Gasteiger partial charge in [-0.25, -0.2) is 0 Å². The highest BCUT2D eigenvalue weighted by atomic mass is 79.9. The molecule has 134 valence electrons. The van der Waals surface area contributed by atoms with Gasteiger partial charge in [-0.3, -0.25) is 4.79 Å². The fourth-order valence-corrected chi connectivity index (χ4v) is 4.65. The van der Waals surface area contributed by atoms with Crippen molar-refractivity contribution in [1.82, 2.24) is 0 Å². The van der Waals surface area contributed by atoms with Crippen LogP contribution in [0.25, 0.3) is 6.08 Å². The number of hydrogen-bond donors (Lipinski definition) is 1. The van der Waals surface area contributed by atoms with Crippen molar-refractivity contribution < 1.29 is 9.53 Å². The Bertz CT molecular complexity index is 896. The summed E-state index contributed by atoms with van der Waals surface area (Å²) in [5.74, 6) is 0.478. The van der Waals surface area contributed by atoms with Crippen LogP contribution in [0.2, 0.25) is 0 Å². The van der Waals surface area contributed by atoms with Gasteiger partial charge in [-0.05, 0) is 62.4 Å². The van der Waals surface area contributed by atoms with Crippen molar-refractivity contribution in [2.24, 2.45) is 0 Å². The summed E-state index contributed by atoms with van der Waals surface area (Å²) in [4.78, 5) is 13.6. The van der Waals surface area contributed by atoms with Gasteiger partial charge < -0.3 is 10.1 Å². The van der Waals surface area contributed by atoms with E-state index in [-0.39, 0.29) is 5.91 Å². The number of anilines is 1. The Morgan fingerprint density at radius 1 is 1.42 bits per heavy atom. The molecule has 1 aromatic carbocycles. The van der Waals surface area contributed by atoms with Crippen molar-refractivity contribution in [3.8, 4) is 11.8 Å². The molecule has 0 aliphatic heterocycles. The van der Waals surface area contributed by atoms with Crippen molar-refractivity contribution in [3.05, 3.63) is 50.3 Å². The van der Waals surface area contributed by atoms with E-state index in [0.717, 1.165) is 47.0 Å². The molecule has 4 nitrogen and oxygen atoms in total. The van der Waals surface area contributed by atoms with Crippen LogP contribution >= 0.6 is 27.3 Å². The monoisotopic (exact) mass is 430 g/mol. The molecule has 0 spiro atoms. The van der Waals surface area contributed by atoms with E-state index in [1.807, 2.05) is 25.1 Å². The number of aryl methyl sites for hydroxylation is 1. The number of nitrogens with zero attached hydrogens (tertiary/aromatic N) is 1. The predicted molar refractivity (Wildman–Crippen MR) is 109 cm³/mol. The molecule has 0 fully saturated rings. The van der Waals surface area contributed by atoms with Gasteiger partial charge in [0.2, 0.25) is 5.91 Å². The number of benzene rings is 1. The molecule has 1 heterocycles. The zero-order chi connectivity index (χ0) is 18.5. The number of amides is 1. The van der Waals surface area contributed by atoms with Gasteiger partial charge >= 0.3 is 0 Å². The molecule has 0 radical (unpaired) electrons. The lowest BCUT2D eigenvalue weighted by molar-refractivity contribution is -0.111. The van der Waals surface area contributed by atoms with E-state index in [9.17, 15) is 10.1 Å². The second kappa shape index (κ2) is 8.52. The van der Waals surface area contributed by atoms with Crippen molar-refractivity contribution in [2.75, 3.05) is 11.9 Å². The van der Waals surface area contributed by atoms with Crippen LogP contribution in [0, 0.1) is 11.3 Å². The highest BCUT2D eigenvalue weighted by Gasteiger charge is 2.21. The van der Waals surface area contributed by atoms with E-state index in [4.69, 9.17) is 4.74 Å². The lowest BCUT2D eigenvalue weighted by atomic mass is 9.96. The summed E-state index contributed by atoms with van der Waals surface area (Å²) < 4.78 is 6.50. The van der Waals surface area contributed by atoms with Gasteiger partial charge in [0.1, 0.15) is 16.8 Å². The first-order valence-corrected chi connectivity index (χ1v) is 10.2. The maximum Gasteiger partial charge on any atom is 0.249 e. The molecule has 1 aliphatic rings. The van der Waals surface area contributed by atoms with Crippen LogP contribution in [0.4, 0.5) is 5.00 Å². The molecular formula is C20H19BrN2O2S. The van der Waals surface area contributed by atoms with E-state index < -0.39 is 0 Å². The Kier molecular flexibility index (Phi) is 6.12. The molecule has 0 atom stereocenters. The first-order valence-electron chi connectivity index (χ1n) is 8.58. The van der Waals surface area contributed by atoms with Crippen LogP contribution < -0.4 is 10.1 Å². The van der Waals surface area contributed by atoms with Crippen LogP contribution in [-0.2, 0) is 17.6 Å². The average Bonchev–Trinajstić information content (AvgIpc) is 2.98. The number of carbonyl (C=O) groups excluding carboxylic acids is 1. The third-order valence-electron chi connectivity index (χ3n) is 4.21. The number of nitrogens with one attached hydrogen (secondary N) is 1. The molecule has 1 aliphatic carbocycles. The van der Waals surface area contributed by atoms with Crippen LogP contribution in [0.5, 0.6) is 5.75 Å². The lowest BCUT2D eigenvalue weighted by Crippen LogP contribution is -2.08. The van der Waals surface area contributed by atoms with Gasteiger partial charge in [0.25, 0.3) is 0 Å². The summed E-state index contributed by atoms with van der Waals surface area (Å²) in [7, 11) is 0. The molecule has 1 N–H and O–H groups in total. The minimum atomic E-state index is -0.248. The predicted octanol–water partition coefficient (Wildman–Crippen LogP) is 5.31. The Morgan fingerprint density at radius 3 is 3.00 bits per heavy atom. The SMILES string of the molecule is CCOc1ccc(Br)cc1C=CC(=O)Nc1sc2c(c1C#N)CCCC2. The molecule has 6 heteroatoms. The second-order valence-corrected chi connectivity index (χ2v) is 7.99. The van der Waals surface area contributed by atoms with Crippen molar-refractivity contribution in [3.63, 3.8) is 0 Å². The third kappa shape index (κ3) is 4.17. The number of ether oxygens (including phenoxy) is 1. The Morgan fingerprint density at radius 2 is 2.23 bits per heavy atom. The summed E-state index contributed by atoms with van der Waals surface area (Å²) in [5, 5.41) is 13.0. The highest BCUT2D eigenvalue weighted by Crippen LogP contribution is 2.37. The molecule has 3 rings (SSSR count). The van der Waals surface area contributed by atoms with Crippen molar-refractivity contribution in [1.29, 1.82) is 5.26 Å². The summed E-state index contributed by atoms with van der Waals surface area (Å²) in [6.07, 6.45) is 7.38. The van der Waals surface area contributed by atoms with Gasteiger partial charge in [-0.15, -0.1) is 11.3 Å². The van der Waals surface area contributed by atoms with E-state index in [2.05, 4.69) is 27.3 Å². The minimum absolute atomic E-state index is 0.248. The summed E-state index contributed by atoms with van der Waals surface area (Å²) >= 11 is 4.96. The van der Waals surface area contributed by atoms with E-state index in [1.165, 1.54) is 22.3 Å².